The van der Waals surface area contributed by atoms with Crippen LogP contribution in [0.3, 0.4) is 0 Å². The molecular formula is C14H19NO. The molecule has 1 unspecified atom stereocenters. The predicted octanol–water partition coefficient (Wildman–Crippen LogP) is 2.90. The minimum Gasteiger partial charge on any atom is -0.388 e. The molecule has 0 saturated carbocycles. The average Bonchev–Trinajstić information content (AvgIpc) is 2.47. The first-order valence-electron chi connectivity index (χ1n) is 5.96. The van der Waals surface area contributed by atoms with E-state index < -0.39 is 0 Å². The maximum Gasteiger partial charge on any atom is 0.0810 e. The summed E-state index contributed by atoms with van der Waals surface area (Å²) in [7, 11) is 0. The second-order valence-electron chi connectivity index (χ2n) is 4.23. The van der Waals surface area contributed by atoms with Crippen molar-refractivity contribution in [1.82, 2.24) is 0 Å². The van der Waals surface area contributed by atoms with Crippen molar-refractivity contribution in [2.24, 2.45) is 0 Å². The third-order valence-corrected chi connectivity index (χ3v) is 3.10. The Morgan fingerprint density at radius 2 is 2.25 bits per heavy atom. The van der Waals surface area contributed by atoms with Crippen LogP contribution in [-0.2, 0) is 0 Å². The molecule has 16 heavy (non-hydrogen) atoms. The van der Waals surface area contributed by atoms with Gasteiger partial charge in [-0.15, -0.1) is 0 Å². The quantitative estimate of drug-likeness (QED) is 0.770. The molecule has 0 radical (unpaired) electrons. The first kappa shape index (κ1) is 11.2. The molecule has 0 spiro atoms. The van der Waals surface area contributed by atoms with Crippen molar-refractivity contribution in [1.29, 1.82) is 0 Å². The van der Waals surface area contributed by atoms with E-state index in [0.717, 1.165) is 31.5 Å². The Labute approximate surface area is 97.2 Å². The number of anilines is 1. The van der Waals surface area contributed by atoms with Gasteiger partial charge in [0.25, 0.3) is 0 Å². The monoisotopic (exact) mass is 217 g/mol. The Hall–Kier alpha value is -1.28. The number of benzene rings is 1. The third-order valence-electron chi connectivity index (χ3n) is 3.10. The molecule has 1 aliphatic heterocycles. The van der Waals surface area contributed by atoms with Gasteiger partial charge in [0.2, 0.25) is 0 Å². The van der Waals surface area contributed by atoms with E-state index in [1.165, 1.54) is 5.69 Å². The molecule has 0 amide bonds. The van der Waals surface area contributed by atoms with E-state index in [4.69, 9.17) is 0 Å². The Kier molecular flexibility index (Phi) is 3.62. The normalized spacial score (nSPS) is 20.9. The molecule has 1 aliphatic rings. The van der Waals surface area contributed by atoms with Crippen molar-refractivity contribution in [2.75, 3.05) is 18.0 Å². The zero-order chi connectivity index (χ0) is 11.4. The fraction of sp³-hybridized carbons (Fsp3) is 0.429. The summed E-state index contributed by atoms with van der Waals surface area (Å²) in [6, 6.07) is 8.18. The summed E-state index contributed by atoms with van der Waals surface area (Å²) in [5.74, 6) is 0. The van der Waals surface area contributed by atoms with E-state index in [1.54, 1.807) is 0 Å². The summed E-state index contributed by atoms with van der Waals surface area (Å²) in [5.41, 5.74) is 2.26. The second-order valence-corrected chi connectivity index (χ2v) is 4.23. The zero-order valence-electron chi connectivity index (χ0n) is 9.76. The van der Waals surface area contributed by atoms with Crippen molar-refractivity contribution in [3.05, 3.63) is 42.0 Å². The van der Waals surface area contributed by atoms with Crippen LogP contribution >= 0.6 is 0 Å². The van der Waals surface area contributed by atoms with E-state index >= 15 is 0 Å². The maximum absolute atomic E-state index is 10.0. The Bertz CT molecular complexity index is 373. The van der Waals surface area contributed by atoms with Gasteiger partial charge in [0.1, 0.15) is 0 Å². The van der Waals surface area contributed by atoms with Crippen LogP contribution in [0, 0.1) is 0 Å². The van der Waals surface area contributed by atoms with E-state index in [-0.39, 0.29) is 6.10 Å². The van der Waals surface area contributed by atoms with Crippen molar-refractivity contribution in [2.45, 2.75) is 25.9 Å². The van der Waals surface area contributed by atoms with Crippen LogP contribution in [0.15, 0.2) is 36.4 Å². The van der Waals surface area contributed by atoms with Gasteiger partial charge in [0, 0.05) is 24.3 Å². The van der Waals surface area contributed by atoms with E-state index in [2.05, 4.69) is 23.1 Å². The van der Waals surface area contributed by atoms with Crippen LogP contribution in [0.1, 0.15) is 31.4 Å². The summed E-state index contributed by atoms with van der Waals surface area (Å²) in [5, 5.41) is 10.0. The highest BCUT2D eigenvalue weighted by Gasteiger charge is 2.19. The molecule has 2 nitrogen and oxygen atoms in total. The molecule has 0 fully saturated rings. The van der Waals surface area contributed by atoms with Crippen LogP contribution < -0.4 is 4.90 Å². The lowest BCUT2D eigenvalue weighted by molar-refractivity contribution is 0.168. The number of nitrogens with zero attached hydrogens (tertiary/aromatic N) is 1. The van der Waals surface area contributed by atoms with Gasteiger partial charge in [0.15, 0.2) is 0 Å². The number of fused-ring (bicyclic) bond motifs is 1. The summed E-state index contributed by atoms with van der Waals surface area (Å²) in [6.07, 6.45) is 5.85. The predicted molar refractivity (Wildman–Crippen MR) is 67.7 cm³/mol. The van der Waals surface area contributed by atoms with Gasteiger partial charge in [-0.25, -0.2) is 0 Å². The van der Waals surface area contributed by atoms with Gasteiger partial charge < -0.3 is 10.0 Å². The Morgan fingerprint density at radius 1 is 1.44 bits per heavy atom. The van der Waals surface area contributed by atoms with Gasteiger partial charge in [-0.05, 0) is 25.8 Å². The molecule has 0 aliphatic carbocycles. The number of rotatable bonds is 2. The fourth-order valence-electron chi connectivity index (χ4n) is 2.23. The number of aliphatic hydroxyl groups excluding tert-OH is 1. The molecular weight excluding hydrogens is 198 g/mol. The number of hydrogen-bond donors (Lipinski definition) is 1. The standard InChI is InChI=1S/C14H19NO/c1-2-3-10-15-11-6-9-14(16)12-7-4-5-8-13(12)15/h2-5,7-8,14,16H,6,9-11H2,1H3/b3-2+. The highest BCUT2D eigenvalue weighted by atomic mass is 16.3. The molecule has 1 aromatic carbocycles. The molecule has 1 atom stereocenters. The van der Waals surface area contributed by atoms with Crippen LogP contribution in [0.25, 0.3) is 0 Å². The summed E-state index contributed by atoms with van der Waals surface area (Å²) >= 11 is 0. The topological polar surface area (TPSA) is 23.5 Å². The van der Waals surface area contributed by atoms with Crippen molar-refractivity contribution >= 4 is 5.69 Å². The molecule has 2 rings (SSSR count). The Balaban J connectivity index is 2.31. The molecule has 0 aromatic heterocycles. The fourth-order valence-corrected chi connectivity index (χ4v) is 2.23. The zero-order valence-corrected chi connectivity index (χ0v) is 9.76. The molecule has 0 bridgehead atoms. The van der Waals surface area contributed by atoms with E-state index in [0.29, 0.717) is 0 Å². The number of hydrogen-bond acceptors (Lipinski definition) is 2. The molecule has 1 heterocycles. The lowest BCUT2D eigenvalue weighted by Gasteiger charge is -2.23. The summed E-state index contributed by atoms with van der Waals surface area (Å²) in [4.78, 5) is 2.34. The third kappa shape index (κ3) is 2.27. The van der Waals surface area contributed by atoms with Crippen LogP contribution in [0.2, 0.25) is 0 Å². The summed E-state index contributed by atoms with van der Waals surface area (Å²) in [6.45, 7) is 4.00. The highest BCUT2D eigenvalue weighted by molar-refractivity contribution is 5.55. The van der Waals surface area contributed by atoms with Crippen LogP contribution in [0.5, 0.6) is 0 Å². The Morgan fingerprint density at radius 3 is 3.06 bits per heavy atom. The molecule has 1 N–H and O–H groups in total. The van der Waals surface area contributed by atoms with Gasteiger partial charge in [-0.2, -0.15) is 0 Å². The lowest BCUT2D eigenvalue weighted by atomic mass is 10.0. The first-order chi connectivity index (χ1) is 7.83. The minimum absolute atomic E-state index is 0.299. The number of aliphatic hydroxyl groups is 1. The van der Waals surface area contributed by atoms with Gasteiger partial charge in [-0.1, -0.05) is 30.4 Å². The largest absolute Gasteiger partial charge is 0.388 e. The van der Waals surface area contributed by atoms with Crippen molar-refractivity contribution in [3.63, 3.8) is 0 Å². The second kappa shape index (κ2) is 5.17. The van der Waals surface area contributed by atoms with Gasteiger partial charge in [0.05, 0.1) is 6.10 Å². The number of para-hydroxylation sites is 1. The van der Waals surface area contributed by atoms with Crippen LogP contribution in [-0.4, -0.2) is 18.2 Å². The van der Waals surface area contributed by atoms with Gasteiger partial charge >= 0.3 is 0 Å². The smallest absolute Gasteiger partial charge is 0.0810 e. The number of allylic oxidation sites excluding steroid dienone is 1. The lowest BCUT2D eigenvalue weighted by Crippen LogP contribution is -2.24. The maximum atomic E-state index is 10.0. The molecule has 2 heteroatoms. The molecule has 0 saturated heterocycles. The average molecular weight is 217 g/mol. The van der Waals surface area contributed by atoms with Crippen molar-refractivity contribution < 1.29 is 5.11 Å². The highest BCUT2D eigenvalue weighted by Crippen LogP contribution is 2.32. The SMILES string of the molecule is C/C=C/CN1CCCC(O)c2ccccc21. The molecule has 86 valence electrons. The van der Waals surface area contributed by atoms with Crippen molar-refractivity contribution in [3.8, 4) is 0 Å². The minimum atomic E-state index is -0.299. The van der Waals surface area contributed by atoms with E-state index in [1.807, 2.05) is 25.1 Å². The first-order valence-corrected chi connectivity index (χ1v) is 5.96. The van der Waals surface area contributed by atoms with Gasteiger partial charge in [-0.3, -0.25) is 0 Å². The summed E-state index contributed by atoms with van der Waals surface area (Å²) < 4.78 is 0. The van der Waals surface area contributed by atoms with Crippen LogP contribution in [0.4, 0.5) is 5.69 Å². The van der Waals surface area contributed by atoms with E-state index in [9.17, 15) is 5.11 Å². The molecule has 1 aromatic rings.